The Morgan fingerprint density at radius 1 is 1.27 bits per heavy atom. The van der Waals surface area contributed by atoms with Crippen molar-refractivity contribution in [2.45, 2.75) is 39.3 Å². The van der Waals surface area contributed by atoms with Gasteiger partial charge in [-0.3, -0.25) is 9.59 Å². The predicted molar refractivity (Wildman–Crippen MR) is 99.2 cm³/mol. The van der Waals surface area contributed by atoms with Crippen molar-refractivity contribution in [2.75, 3.05) is 13.2 Å². The summed E-state index contributed by atoms with van der Waals surface area (Å²) in [4.78, 5) is 24.7. The van der Waals surface area contributed by atoms with Crippen molar-refractivity contribution in [1.29, 1.82) is 0 Å². The van der Waals surface area contributed by atoms with Crippen molar-refractivity contribution in [3.63, 3.8) is 0 Å². The zero-order valence-corrected chi connectivity index (χ0v) is 16.0. The number of ether oxygens (including phenoxy) is 2. The van der Waals surface area contributed by atoms with E-state index in [4.69, 9.17) is 21.1 Å². The number of Topliss-reactive ketones (excluding diaryl/α,β-unsaturated/α-hetero) is 1. The molecular formula is C19H21ClN2O4. The molecule has 1 aromatic carbocycles. The molecule has 0 spiro atoms. The molecule has 2 aromatic rings. The van der Waals surface area contributed by atoms with Gasteiger partial charge in [0.2, 0.25) is 5.88 Å². The topological polar surface area (TPSA) is 70.4 Å². The number of carbonyl (C=O) groups excluding carboxylic acids is 1. The molecule has 1 fully saturated rings. The number of hydrogen-bond acceptors (Lipinski definition) is 5. The van der Waals surface area contributed by atoms with Crippen molar-refractivity contribution in [3.8, 4) is 17.0 Å². The van der Waals surface area contributed by atoms with Crippen LogP contribution in [0.15, 0.2) is 29.1 Å². The molecule has 7 heteroatoms. The summed E-state index contributed by atoms with van der Waals surface area (Å²) in [6, 6.07) is 6.39. The van der Waals surface area contributed by atoms with Gasteiger partial charge in [0.05, 0.1) is 24.3 Å². The zero-order chi connectivity index (χ0) is 19.1. The molecule has 0 unspecified atom stereocenters. The van der Waals surface area contributed by atoms with Gasteiger partial charge in [0, 0.05) is 16.7 Å². The number of nitrogens with zero attached hydrogens (tertiary/aromatic N) is 2. The average Bonchev–Trinajstić information content (AvgIpc) is 2.50. The Labute approximate surface area is 156 Å². The maximum absolute atomic E-state index is 12.6. The number of ketones is 1. The van der Waals surface area contributed by atoms with E-state index in [1.54, 1.807) is 18.2 Å². The second-order valence-electron chi connectivity index (χ2n) is 7.31. The molecule has 0 atom stereocenters. The van der Waals surface area contributed by atoms with Crippen LogP contribution < -0.4 is 10.3 Å². The van der Waals surface area contributed by atoms with Crippen LogP contribution in [0.5, 0.6) is 5.88 Å². The van der Waals surface area contributed by atoms with Gasteiger partial charge in [-0.1, -0.05) is 11.6 Å². The molecule has 0 aliphatic carbocycles. The van der Waals surface area contributed by atoms with Gasteiger partial charge in [0.1, 0.15) is 6.10 Å². The lowest BCUT2D eigenvalue weighted by molar-refractivity contribution is -0.0819. The van der Waals surface area contributed by atoms with Crippen LogP contribution in [0.4, 0.5) is 0 Å². The summed E-state index contributed by atoms with van der Waals surface area (Å²) in [5.41, 5.74) is 0.653. The summed E-state index contributed by atoms with van der Waals surface area (Å²) in [5.74, 6) is 0.159. The third-order valence-corrected chi connectivity index (χ3v) is 4.31. The van der Waals surface area contributed by atoms with Crippen LogP contribution in [0.1, 0.15) is 38.1 Å². The maximum Gasteiger partial charge on any atom is 0.268 e. The number of hydrogen-bond donors (Lipinski definition) is 0. The predicted octanol–water partition coefficient (Wildman–Crippen LogP) is 3.30. The lowest BCUT2D eigenvalue weighted by Gasteiger charge is -2.28. The molecule has 26 heavy (non-hydrogen) atoms. The van der Waals surface area contributed by atoms with Crippen molar-refractivity contribution in [3.05, 3.63) is 45.2 Å². The molecule has 0 amide bonds. The molecule has 1 aromatic heterocycles. The average molecular weight is 377 g/mol. The van der Waals surface area contributed by atoms with E-state index in [9.17, 15) is 9.59 Å². The second kappa shape index (κ2) is 6.85. The normalized spacial score (nSPS) is 14.8. The minimum absolute atomic E-state index is 0.130. The molecule has 1 aliphatic rings. The van der Waals surface area contributed by atoms with E-state index in [0.717, 1.165) is 0 Å². The van der Waals surface area contributed by atoms with Crippen LogP contribution in [-0.2, 0) is 10.3 Å². The van der Waals surface area contributed by atoms with Crippen LogP contribution in [0.3, 0.4) is 0 Å². The van der Waals surface area contributed by atoms with E-state index in [-0.39, 0.29) is 23.3 Å². The molecule has 1 saturated heterocycles. The molecule has 0 bridgehead atoms. The summed E-state index contributed by atoms with van der Waals surface area (Å²) < 4.78 is 12.5. The molecule has 0 saturated carbocycles. The maximum atomic E-state index is 12.6. The lowest BCUT2D eigenvalue weighted by atomic mass is 9.98. The first-order chi connectivity index (χ1) is 12.2. The highest BCUT2D eigenvalue weighted by atomic mass is 35.5. The fraction of sp³-hybridized carbons (Fsp3) is 0.421. The molecular weight excluding hydrogens is 356 g/mol. The highest BCUT2D eigenvalue weighted by Crippen LogP contribution is 2.33. The van der Waals surface area contributed by atoms with Gasteiger partial charge in [0.25, 0.3) is 5.56 Å². The molecule has 0 N–H and O–H groups in total. The number of halogens is 1. The van der Waals surface area contributed by atoms with E-state index in [0.29, 0.717) is 34.9 Å². The first kappa shape index (κ1) is 18.6. The van der Waals surface area contributed by atoms with E-state index in [1.807, 2.05) is 20.8 Å². The zero-order valence-electron chi connectivity index (χ0n) is 15.2. The minimum Gasteiger partial charge on any atom is -0.468 e. The first-order valence-corrected chi connectivity index (χ1v) is 8.75. The van der Waals surface area contributed by atoms with Crippen LogP contribution >= 0.6 is 11.6 Å². The standard InChI is InChI=1S/C19H21ClN2O4/c1-11(23)14-6-5-12(20)7-15(14)16-8-17(24)22(19(2,3)4)21-18(16)26-13-9-25-10-13/h5-8,13H,9-10H2,1-4H3. The number of benzene rings is 1. The fourth-order valence-electron chi connectivity index (χ4n) is 2.69. The van der Waals surface area contributed by atoms with Crippen molar-refractivity contribution < 1.29 is 14.3 Å². The van der Waals surface area contributed by atoms with E-state index in [1.165, 1.54) is 17.7 Å². The summed E-state index contributed by atoms with van der Waals surface area (Å²) >= 11 is 6.14. The first-order valence-electron chi connectivity index (χ1n) is 8.37. The lowest BCUT2D eigenvalue weighted by Crippen LogP contribution is -2.41. The fourth-order valence-corrected chi connectivity index (χ4v) is 2.86. The molecule has 6 nitrogen and oxygen atoms in total. The van der Waals surface area contributed by atoms with Crippen LogP contribution in [0.2, 0.25) is 5.02 Å². The smallest absolute Gasteiger partial charge is 0.268 e. The molecule has 138 valence electrons. The SMILES string of the molecule is CC(=O)c1ccc(Cl)cc1-c1cc(=O)n(C(C)(C)C)nc1OC1COC1. The van der Waals surface area contributed by atoms with Gasteiger partial charge in [0.15, 0.2) is 5.78 Å². The summed E-state index contributed by atoms with van der Waals surface area (Å²) in [6.45, 7) is 8.06. The largest absolute Gasteiger partial charge is 0.468 e. The summed E-state index contributed by atoms with van der Waals surface area (Å²) in [7, 11) is 0. The van der Waals surface area contributed by atoms with E-state index in [2.05, 4.69) is 5.10 Å². The highest BCUT2D eigenvalue weighted by molar-refractivity contribution is 6.31. The highest BCUT2D eigenvalue weighted by Gasteiger charge is 2.27. The van der Waals surface area contributed by atoms with Crippen LogP contribution in [0.25, 0.3) is 11.1 Å². The van der Waals surface area contributed by atoms with Crippen LogP contribution in [-0.4, -0.2) is 34.9 Å². The van der Waals surface area contributed by atoms with E-state index >= 15 is 0 Å². The van der Waals surface area contributed by atoms with Gasteiger partial charge in [-0.15, -0.1) is 5.10 Å². The van der Waals surface area contributed by atoms with Crippen molar-refractivity contribution in [2.24, 2.45) is 0 Å². The van der Waals surface area contributed by atoms with Crippen molar-refractivity contribution in [1.82, 2.24) is 9.78 Å². The molecule has 0 radical (unpaired) electrons. The van der Waals surface area contributed by atoms with Gasteiger partial charge in [-0.05, 0) is 51.5 Å². The van der Waals surface area contributed by atoms with Crippen molar-refractivity contribution >= 4 is 17.4 Å². The Kier molecular flexibility index (Phi) is 4.90. The molecule has 3 rings (SSSR count). The number of carbonyl (C=O) groups is 1. The van der Waals surface area contributed by atoms with Gasteiger partial charge in [-0.25, -0.2) is 4.68 Å². The van der Waals surface area contributed by atoms with Crippen LogP contribution in [0, 0.1) is 0 Å². The number of aromatic nitrogens is 2. The molecule has 2 heterocycles. The molecule has 1 aliphatic heterocycles. The number of rotatable bonds is 4. The van der Waals surface area contributed by atoms with Gasteiger partial charge >= 0.3 is 0 Å². The Morgan fingerprint density at radius 3 is 2.50 bits per heavy atom. The Hall–Kier alpha value is -2.18. The second-order valence-corrected chi connectivity index (χ2v) is 7.74. The quantitative estimate of drug-likeness (QED) is 0.766. The summed E-state index contributed by atoms with van der Waals surface area (Å²) in [6.07, 6.45) is -0.132. The van der Waals surface area contributed by atoms with Gasteiger partial charge < -0.3 is 9.47 Å². The Bertz CT molecular complexity index is 911. The Morgan fingerprint density at radius 2 is 1.96 bits per heavy atom. The Balaban J connectivity index is 2.23. The minimum atomic E-state index is -0.512. The van der Waals surface area contributed by atoms with E-state index < -0.39 is 5.54 Å². The van der Waals surface area contributed by atoms with Gasteiger partial charge in [-0.2, -0.15) is 0 Å². The third-order valence-electron chi connectivity index (χ3n) is 4.07. The summed E-state index contributed by atoms with van der Waals surface area (Å²) in [5, 5.41) is 4.90. The monoisotopic (exact) mass is 376 g/mol. The third kappa shape index (κ3) is 3.66.